The van der Waals surface area contributed by atoms with Crippen molar-refractivity contribution in [2.24, 2.45) is 0 Å². The number of hydrogen-bond donors (Lipinski definition) is 3. The van der Waals surface area contributed by atoms with E-state index in [1.807, 2.05) is 0 Å². The number of rotatable bonds is 5. The van der Waals surface area contributed by atoms with E-state index in [0.717, 1.165) is 25.7 Å². The van der Waals surface area contributed by atoms with Gasteiger partial charge in [-0.2, -0.15) is 4.89 Å². The number of aliphatic hydroxyl groups excluding tert-OH is 3. The van der Waals surface area contributed by atoms with Crippen molar-refractivity contribution in [1.82, 2.24) is 0 Å². The molecule has 4 rings (SSSR count). The third kappa shape index (κ3) is 3.03. The Morgan fingerprint density at radius 2 is 1.96 bits per heavy atom. The van der Waals surface area contributed by atoms with Crippen LogP contribution in [0.25, 0.3) is 0 Å². The quantitative estimate of drug-likeness (QED) is 0.622. The predicted molar refractivity (Wildman–Crippen MR) is 96.5 cm³/mol. The van der Waals surface area contributed by atoms with Crippen molar-refractivity contribution in [2.45, 2.75) is 68.1 Å². The molecule has 1 aromatic rings. The Balaban J connectivity index is 1.62. The van der Waals surface area contributed by atoms with Gasteiger partial charge in [0.15, 0.2) is 5.60 Å². The van der Waals surface area contributed by atoms with Gasteiger partial charge in [0, 0.05) is 19.1 Å². The van der Waals surface area contributed by atoms with Crippen LogP contribution in [0, 0.1) is 0 Å². The molecule has 5 unspecified atom stereocenters. The molecule has 2 saturated heterocycles. The Bertz CT molecular complexity index is 705. The van der Waals surface area contributed by atoms with Gasteiger partial charge < -0.3 is 29.5 Å². The van der Waals surface area contributed by atoms with Crippen LogP contribution in [0.3, 0.4) is 0 Å². The summed E-state index contributed by atoms with van der Waals surface area (Å²) in [6.07, 6.45) is -0.459. The lowest BCUT2D eigenvalue weighted by atomic mass is 9.83. The topological polar surface area (TPSA) is 107 Å². The molecule has 1 aromatic carbocycles. The normalized spacial score (nSPS) is 37.0. The van der Waals surface area contributed by atoms with Crippen molar-refractivity contribution >= 4 is 11.6 Å². The van der Waals surface area contributed by atoms with Gasteiger partial charge in [0.05, 0.1) is 23.8 Å². The van der Waals surface area contributed by atoms with Crippen molar-refractivity contribution in [1.29, 1.82) is 0 Å². The van der Waals surface area contributed by atoms with Crippen LogP contribution in [-0.4, -0.2) is 59.2 Å². The van der Waals surface area contributed by atoms with Crippen molar-refractivity contribution in [2.75, 3.05) is 13.7 Å². The Labute approximate surface area is 167 Å². The lowest BCUT2D eigenvalue weighted by Crippen LogP contribution is -2.64. The molecule has 3 aliphatic rings. The minimum Gasteiger partial charge on any atom is -0.460 e. The maximum Gasteiger partial charge on any atom is 0.261 e. The molecule has 1 aliphatic carbocycles. The van der Waals surface area contributed by atoms with E-state index < -0.39 is 36.0 Å². The van der Waals surface area contributed by atoms with Crippen LogP contribution in [0.1, 0.15) is 37.7 Å². The van der Waals surface area contributed by atoms with Crippen LogP contribution in [0.4, 0.5) is 0 Å². The molecular formula is C19H25ClO8. The van der Waals surface area contributed by atoms with E-state index in [9.17, 15) is 15.3 Å². The summed E-state index contributed by atoms with van der Waals surface area (Å²) in [5.74, 6) is -0.895. The third-order valence-corrected chi connectivity index (χ3v) is 6.28. The maximum atomic E-state index is 10.2. The van der Waals surface area contributed by atoms with Gasteiger partial charge in [0.25, 0.3) is 5.79 Å². The monoisotopic (exact) mass is 416 g/mol. The Hall–Kier alpha value is -0.970. The molecule has 8 nitrogen and oxygen atoms in total. The van der Waals surface area contributed by atoms with Gasteiger partial charge in [0.1, 0.15) is 11.9 Å². The molecule has 0 amide bonds. The summed E-state index contributed by atoms with van der Waals surface area (Å²) in [5, 5.41) is 29.8. The minimum atomic E-state index is -1.27. The molecule has 2 heterocycles. The highest BCUT2D eigenvalue weighted by Crippen LogP contribution is 2.58. The van der Waals surface area contributed by atoms with Crippen LogP contribution in [0.15, 0.2) is 18.2 Å². The third-order valence-electron chi connectivity index (χ3n) is 5.89. The zero-order valence-electron chi connectivity index (χ0n) is 15.5. The van der Waals surface area contributed by atoms with Gasteiger partial charge in [-0.3, -0.25) is 0 Å². The zero-order valence-corrected chi connectivity index (χ0v) is 16.3. The fraction of sp³-hybridized carbons (Fsp3) is 0.684. The second-order valence-electron chi connectivity index (χ2n) is 7.53. The summed E-state index contributed by atoms with van der Waals surface area (Å²) >= 11 is 6.63. The predicted octanol–water partition coefficient (Wildman–Crippen LogP) is 1.62. The van der Waals surface area contributed by atoms with E-state index in [1.54, 1.807) is 25.3 Å². The van der Waals surface area contributed by atoms with Crippen LogP contribution in [-0.2, 0) is 25.0 Å². The van der Waals surface area contributed by atoms with Gasteiger partial charge in [0.2, 0.25) is 6.29 Å². The van der Waals surface area contributed by atoms with E-state index in [1.165, 1.54) is 0 Å². The fourth-order valence-electron chi connectivity index (χ4n) is 4.33. The van der Waals surface area contributed by atoms with E-state index in [0.29, 0.717) is 5.56 Å². The molecule has 0 radical (unpaired) electrons. The molecule has 28 heavy (non-hydrogen) atoms. The van der Waals surface area contributed by atoms with Gasteiger partial charge in [-0.15, -0.1) is 0 Å². The number of ether oxygens (including phenoxy) is 3. The number of aliphatic hydroxyl groups is 3. The van der Waals surface area contributed by atoms with Gasteiger partial charge in [-0.1, -0.05) is 36.6 Å². The molecule has 2 aliphatic heterocycles. The average Bonchev–Trinajstić information content (AvgIpc) is 3.20. The molecule has 0 bridgehead atoms. The summed E-state index contributed by atoms with van der Waals surface area (Å²) in [7, 11) is 1.54. The van der Waals surface area contributed by atoms with E-state index in [-0.39, 0.29) is 23.8 Å². The molecular weight excluding hydrogens is 392 g/mol. The molecule has 1 spiro atoms. The first-order valence-electron chi connectivity index (χ1n) is 9.46. The number of hydrogen-bond acceptors (Lipinski definition) is 8. The zero-order chi connectivity index (χ0) is 19.9. The first-order chi connectivity index (χ1) is 13.5. The largest absolute Gasteiger partial charge is 0.460 e. The minimum absolute atomic E-state index is 0.117. The second-order valence-corrected chi connectivity index (χ2v) is 7.90. The molecule has 1 saturated carbocycles. The van der Waals surface area contributed by atoms with E-state index >= 15 is 0 Å². The maximum absolute atomic E-state index is 10.2. The van der Waals surface area contributed by atoms with Crippen molar-refractivity contribution < 1.29 is 39.3 Å². The molecule has 3 N–H and O–H groups in total. The highest BCUT2D eigenvalue weighted by atomic mass is 35.5. The van der Waals surface area contributed by atoms with E-state index in [2.05, 4.69) is 0 Å². The van der Waals surface area contributed by atoms with Crippen molar-refractivity contribution in [3.63, 3.8) is 0 Å². The summed E-state index contributed by atoms with van der Waals surface area (Å²) < 4.78 is 17.1. The number of benzene rings is 1. The highest BCUT2D eigenvalue weighted by Gasteiger charge is 2.67. The van der Waals surface area contributed by atoms with Crippen molar-refractivity contribution in [3.05, 3.63) is 28.8 Å². The summed E-state index contributed by atoms with van der Waals surface area (Å²) in [6, 6.07) is 5.14. The number of methoxy groups -OCH3 is 1. The summed E-state index contributed by atoms with van der Waals surface area (Å²) in [6.45, 7) is -0.294. The average molecular weight is 417 g/mol. The van der Waals surface area contributed by atoms with Crippen LogP contribution >= 0.6 is 11.6 Å². The molecule has 0 aromatic heterocycles. The second kappa shape index (κ2) is 7.70. The standard InChI is InChI=1S/C19H25ClO8/c1-24-19(18(27-28-19)7-2-3-8-18)12-5-4-6-14(15(12)20)26-17-16(23)13(22)9-11(10-21)25-17/h4-6,11,13,16-17,21-23H,2-3,7-10H2,1H3. The first-order valence-corrected chi connectivity index (χ1v) is 9.84. The Morgan fingerprint density at radius 1 is 1.21 bits per heavy atom. The Morgan fingerprint density at radius 3 is 2.57 bits per heavy atom. The van der Waals surface area contributed by atoms with Gasteiger partial charge >= 0.3 is 0 Å². The van der Waals surface area contributed by atoms with Gasteiger partial charge in [-0.05, 0) is 18.9 Å². The highest BCUT2D eigenvalue weighted by molar-refractivity contribution is 6.33. The van der Waals surface area contributed by atoms with Crippen LogP contribution < -0.4 is 4.74 Å². The van der Waals surface area contributed by atoms with Gasteiger partial charge in [-0.25, -0.2) is 4.89 Å². The summed E-state index contributed by atoms with van der Waals surface area (Å²) in [5.41, 5.74) is -0.0323. The molecule has 5 atom stereocenters. The SMILES string of the molecule is COC1(c2cccc(OC3OC(CO)CC(O)C3O)c2Cl)OOC12CCCC2. The fourth-order valence-corrected chi connectivity index (χ4v) is 4.62. The lowest BCUT2D eigenvalue weighted by Gasteiger charge is -2.53. The Kier molecular flexibility index (Phi) is 5.58. The lowest BCUT2D eigenvalue weighted by molar-refractivity contribution is -0.617. The number of halogens is 1. The van der Waals surface area contributed by atoms with E-state index in [4.69, 9.17) is 35.6 Å². The van der Waals surface area contributed by atoms with Crippen molar-refractivity contribution in [3.8, 4) is 5.75 Å². The molecule has 9 heteroatoms. The van der Waals surface area contributed by atoms with Crippen LogP contribution in [0.2, 0.25) is 5.02 Å². The molecule has 156 valence electrons. The molecule has 3 fully saturated rings. The smallest absolute Gasteiger partial charge is 0.261 e. The van der Waals surface area contributed by atoms with Crippen LogP contribution in [0.5, 0.6) is 5.75 Å². The summed E-state index contributed by atoms with van der Waals surface area (Å²) in [4.78, 5) is 11.0. The first kappa shape index (κ1) is 20.3.